The largest absolute Gasteiger partial charge is 0.352 e. The van der Waals surface area contributed by atoms with Gasteiger partial charge in [-0.15, -0.1) is 0 Å². The first-order chi connectivity index (χ1) is 15.2. The van der Waals surface area contributed by atoms with Gasteiger partial charge in [0, 0.05) is 45.2 Å². The summed E-state index contributed by atoms with van der Waals surface area (Å²) < 4.78 is 0. The van der Waals surface area contributed by atoms with E-state index in [4.69, 9.17) is 0 Å². The molecule has 6 heteroatoms. The molecule has 1 amide bonds. The Morgan fingerprint density at radius 3 is 2.39 bits per heavy atom. The molecule has 0 bridgehead atoms. The van der Waals surface area contributed by atoms with Crippen molar-refractivity contribution >= 4 is 11.9 Å². The lowest BCUT2D eigenvalue weighted by Crippen LogP contribution is -2.45. The summed E-state index contributed by atoms with van der Waals surface area (Å²) in [6.07, 6.45) is 9.52. The van der Waals surface area contributed by atoms with E-state index in [2.05, 4.69) is 49.7 Å². The van der Waals surface area contributed by atoms with Crippen molar-refractivity contribution in [3.8, 4) is 0 Å². The van der Waals surface area contributed by atoms with E-state index in [-0.39, 0.29) is 12.0 Å². The number of likely N-dealkylation sites (tertiary alicyclic amines) is 2. The topological polar surface area (TPSA) is 60.0 Å². The second kappa shape index (κ2) is 11.0. The molecule has 2 heterocycles. The maximum atomic E-state index is 12.8. The van der Waals surface area contributed by atoms with Crippen LogP contribution in [0.25, 0.3) is 0 Å². The van der Waals surface area contributed by atoms with Gasteiger partial charge >= 0.3 is 0 Å². The van der Waals surface area contributed by atoms with Gasteiger partial charge < -0.3 is 15.5 Å². The molecule has 2 N–H and O–H groups in total. The van der Waals surface area contributed by atoms with E-state index in [1.54, 1.807) is 0 Å². The maximum absolute atomic E-state index is 12.8. The van der Waals surface area contributed by atoms with Gasteiger partial charge in [0.15, 0.2) is 5.96 Å². The SMILES string of the molecule is CN=C(NCc1ccc(CN2CCCC2)cc1)NC1CCN(C(=O)C2CCCCC2)C1. The molecule has 1 saturated carbocycles. The number of guanidine groups is 1. The minimum atomic E-state index is 0.262. The van der Waals surface area contributed by atoms with Crippen LogP contribution in [-0.2, 0) is 17.9 Å². The van der Waals surface area contributed by atoms with E-state index < -0.39 is 0 Å². The smallest absolute Gasteiger partial charge is 0.225 e. The Labute approximate surface area is 187 Å². The van der Waals surface area contributed by atoms with Gasteiger partial charge in [0.05, 0.1) is 0 Å². The molecule has 1 aliphatic carbocycles. The third-order valence-electron chi connectivity index (χ3n) is 7.11. The highest BCUT2D eigenvalue weighted by Crippen LogP contribution is 2.26. The summed E-state index contributed by atoms with van der Waals surface area (Å²) in [6.45, 7) is 5.94. The van der Waals surface area contributed by atoms with Crippen LogP contribution in [0.1, 0.15) is 62.5 Å². The Hall–Kier alpha value is -2.08. The molecule has 6 nitrogen and oxygen atoms in total. The number of carbonyl (C=O) groups excluding carboxylic acids is 1. The molecular formula is C25H39N5O. The predicted molar refractivity (Wildman–Crippen MR) is 126 cm³/mol. The maximum Gasteiger partial charge on any atom is 0.225 e. The lowest BCUT2D eigenvalue weighted by atomic mass is 9.88. The fourth-order valence-electron chi connectivity index (χ4n) is 5.22. The lowest BCUT2D eigenvalue weighted by molar-refractivity contribution is -0.135. The molecule has 0 spiro atoms. The van der Waals surface area contributed by atoms with Crippen molar-refractivity contribution in [2.45, 2.75) is 70.5 Å². The summed E-state index contributed by atoms with van der Waals surface area (Å²) in [5.41, 5.74) is 2.65. The van der Waals surface area contributed by atoms with Crippen LogP contribution in [0.3, 0.4) is 0 Å². The molecule has 170 valence electrons. The van der Waals surface area contributed by atoms with Gasteiger partial charge in [-0.25, -0.2) is 0 Å². The van der Waals surface area contributed by atoms with Gasteiger partial charge in [-0.3, -0.25) is 14.7 Å². The molecule has 4 rings (SSSR count). The minimum Gasteiger partial charge on any atom is -0.352 e. The van der Waals surface area contributed by atoms with Crippen LogP contribution in [0.5, 0.6) is 0 Å². The molecule has 0 aromatic heterocycles. The molecule has 2 aliphatic heterocycles. The third kappa shape index (κ3) is 6.22. The summed E-state index contributed by atoms with van der Waals surface area (Å²) >= 11 is 0. The molecule has 1 aromatic carbocycles. The highest BCUT2D eigenvalue weighted by atomic mass is 16.2. The van der Waals surface area contributed by atoms with Crippen molar-refractivity contribution in [3.63, 3.8) is 0 Å². The standard InChI is InChI=1S/C25H39N5O/c1-26-25(27-17-20-9-11-21(12-10-20)18-29-14-5-6-15-29)28-23-13-16-30(19-23)24(31)22-7-3-2-4-8-22/h9-12,22-23H,2-8,13-19H2,1H3,(H2,26,27,28). The van der Waals surface area contributed by atoms with Crippen molar-refractivity contribution < 1.29 is 4.79 Å². The van der Waals surface area contributed by atoms with Gasteiger partial charge in [-0.2, -0.15) is 0 Å². The number of nitrogens with one attached hydrogen (secondary N) is 2. The monoisotopic (exact) mass is 425 g/mol. The molecule has 0 radical (unpaired) electrons. The van der Waals surface area contributed by atoms with E-state index >= 15 is 0 Å². The van der Waals surface area contributed by atoms with E-state index in [0.29, 0.717) is 5.91 Å². The first-order valence-corrected chi connectivity index (χ1v) is 12.3. The Balaban J connectivity index is 1.20. The molecule has 31 heavy (non-hydrogen) atoms. The van der Waals surface area contributed by atoms with Gasteiger partial charge in [0.2, 0.25) is 5.91 Å². The minimum absolute atomic E-state index is 0.262. The van der Waals surface area contributed by atoms with Crippen LogP contribution in [0.2, 0.25) is 0 Å². The predicted octanol–water partition coefficient (Wildman–Crippen LogP) is 3.13. The molecule has 1 atom stereocenters. The Bertz CT molecular complexity index is 735. The normalized spacial score (nSPS) is 23.3. The van der Waals surface area contributed by atoms with Crippen molar-refractivity contribution in [1.29, 1.82) is 0 Å². The average Bonchev–Trinajstić information content (AvgIpc) is 3.50. The highest BCUT2D eigenvalue weighted by molar-refractivity contribution is 5.81. The van der Waals surface area contributed by atoms with Crippen LogP contribution >= 0.6 is 0 Å². The van der Waals surface area contributed by atoms with Gasteiger partial charge in [-0.1, -0.05) is 43.5 Å². The van der Waals surface area contributed by atoms with E-state index in [1.165, 1.54) is 56.3 Å². The number of rotatable bonds is 6. The van der Waals surface area contributed by atoms with Gasteiger partial charge in [0.1, 0.15) is 0 Å². The van der Waals surface area contributed by atoms with E-state index in [0.717, 1.165) is 51.4 Å². The zero-order chi connectivity index (χ0) is 21.5. The zero-order valence-electron chi connectivity index (χ0n) is 19.1. The summed E-state index contributed by atoms with van der Waals surface area (Å²) in [4.78, 5) is 21.8. The van der Waals surface area contributed by atoms with Gasteiger partial charge in [-0.05, 0) is 56.3 Å². The van der Waals surface area contributed by atoms with E-state index in [9.17, 15) is 4.79 Å². The number of aliphatic imine (C=N–C) groups is 1. The molecule has 3 aliphatic rings. The van der Waals surface area contributed by atoms with Crippen LogP contribution in [-0.4, -0.2) is 60.9 Å². The molecule has 1 aromatic rings. The molecule has 3 fully saturated rings. The fraction of sp³-hybridized carbons (Fsp3) is 0.680. The second-order valence-corrected chi connectivity index (χ2v) is 9.47. The Kier molecular flexibility index (Phi) is 7.84. The summed E-state index contributed by atoms with van der Waals surface area (Å²) in [7, 11) is 1.81. The average molecular weight is 426 g/mol. The number of hydrogen-bond donors (Lipinski definition) is 2. The first-order valence-electron chi connectivity index (χ1n) is 12.3. The first kappa shape index (κ1) is 22.1. The molecule has 2 saturated heterocycles. The molecule has 1 unspecified atom stereocenters. The lowest BCUT2D eigenvalue weighted by Gasteiger charge is -2.26. The van der Waals surface area contributed by atoms with Crippen molar-refractivity contribution in [3.05, 3.63) is 35.4 Å². The second-order valence-electron chi connectivity index (χ2n) is 9.47. The number of amides is 1. The Morgan fingerprint density at radius 1 is 0.968 bits per heavy atom. The number of hydrogen-bond acceptors (Lipinski definition) is 3. The van der Waals surface area contributed by atoms with Crippen molar-refractivity contribution in [1.82, 2.24) is 20.4 Å². The third-order valence-corrected chi connectivity index (χ3v) is 7.11. The highest BCUT2D eigenvalue weighted by Gasteiger charge is 2.31. The number of carbonyl (C=O) groups is 1. The summed E-state index contributed by atoms with van der Waals surface area (Å²) in [5.74, 6) is 1.46. The van der Waals surface area contributed by atoms with Crippen LogP contribution in [0, 0.1) is 5.92 Å². The van der Waals surface area contributed by atoms with Crippen LogP contribution in [0.15, 0.2) is 29.3 Å². The fourth-order valence-corrected chi connectivity index (χ4v) is 5.22. The van der Waals surface area contributed by atoms with Gasteiger partial charge in [0.25, 0.3) is 0 Å². The summed E-state index contributed by atoms with van der Waals surface area (Å²) in [5, 5.41) is 6.96. The summed E-state index contributed by atoms with van der Waals surface area (Å²) in [6, 6.07) is 9.20. The van der Waals surface area contributed by atoms with Crippen LogP contribution in [0.4, 0.5) is 0 Å². The van der Waals surface area contributed by atoms with Crippen molar-refractivity contribution in [2.75, 3.05) is 33.2 Å². The van der Waals surface area contributed by atoms with Crippen molar-refractivity contribution in [2.24, 2.45) is 10.9 Å². The Morgan fingerprint density at radius 2 is 1.68 bits per heavy atom. The quantitative estimate of drug-likeness (QED) is 0.543. The zero-order valence-corrected chi connectivity index (χ0v) is 19.1. The van der Waals surface area contributed by atoms with Crippen LogP contribution < -0.4 is 10.6 Å². The molecular weight excluding hydrogens is 386 g/mol. The van der Waals surface area contributed by atoms with E-state index in [1.807, 2.05) is 7.05 Å². The number of nitrogens with zero attached hydrogens (tertiary/aromatic N) is 3. The number of benzene rings is 1.